The zero-order valence-electron chi connectivity index (χ0n) is 16.2. The zero-order valence-corrected chi connectivity index (χ0v) is 16.2. The first-order chi connectivity index (χ1) is 13.6. The van der Waals surface area contributed by atoms with E-state index in [4.69, 9.17) is 4.74 Å². The van der Waals surface area contributed by atoms with E-state index in [1.165, 1.54) is 0 Å². The van der Waals surface area contributed by atoms with Crippen molar-refractivity contribution in [2.75, 3.05) is 5.32 Å². The van der Waals surface area contributed by atoms with Gasteiger partial charge in [-0.05, 0) is 18.4 Å². The molecule has 8 heteroatoms. The van der Waals surface area contributed by atoms with Gasteiger partial charge in [0, 0.05) is 24.1 Å². The Kier molecular flexibility index (Phi) is 3.25. The fraction of sp³-hybridized carbons (Fsp3) is 0.333. The monoisotopic (exact) mass is 393 g/mol. The Bertz CT molecular complexity index is 1280. The highest BCUT2D eigenvalue weighted by molar-refractivity contribution is 6.19. The average molecular weight is 393 g/mol. The Balaban J connectivity index is 1.96. The topological polar surface area (TPSA) is 121 Å². The van der Waals surface area contributed by atoms with Crippen molar-refractivity contribution in [3.63, 3.8) is 0 Å². The van der Waals surface area contributed by atoms with E-state index in [-0.39, 0.29) is 34.6 Å². The van der Waals surface area contributed by atoms with E-state index in [1.54, 1.807) is 12.1 Å². The maximum absolute atomic E-state index is 13.5. The fourth-order valence-corrected chi connectivity index (χ4v) is 4.81. The van der Waals surface area contributed by atoms with Gasteiger partial charge in [0.2, 0.25) is 11.8 Å². The standard InChI is InChI=1S/C21H19N3O5/c1-9-4-5-11-10(6-9)21(18(27)22-11)14-12(25)7-20(2,3)8-13(14)29-17-15(21)16(26)23-19(28)24-17/h4-6H,7-8H2,1-3H3,(H,22,27)(H2,23,24,26,28). The molecule has 29 heavy (non-hydrogen) atoms. The molecule has 1 aliphatic carbocycles. The van der Waals surface area contributed by atoms with E-state index in [0.717, 1.165) is 5.56 Å². The van der Waals surface area contributed by atoms with Crippen LogP contribution in [-0.2, 0) is 15.0 Å². The number of aryl methyl sites for hydroxylation is 1. The molecule has 0 saturated heterocycles. The van der Waals surface area contributed by atoms with Crippen molar-refractivity contribution in [3.05, 3.63) is 67.1 Å². The molecule has 148 valence electrons. The molecule has 1 atom stereocenters. The minimum absolute atomic E-state index is 0.0641. The van der Waals surface area contributed by atoms with Gasteiger partial charge < -0.3 is 10.1 Å². The lowest BCUT2D eigenvalue weighted by atomic mass is 9.62. The SMILES string of the molecule is Cc1ccc2c(c1)C1(C(=O)N2)C2=C(CC(C)(C)CC2=O)Oc2[nH]c(=O)[nH]c(=O)c21. The quantitative estimate of drug-likeness (QED) is 0.628. The molecule has 2 aromatic rings. The smallest absolute Gasteiger partial charge is 0.328 e. The number of amides is 1. The van der Waals surface area contributed by atoms with Crippen LogP contribution in [0.4, 0.5) is 5.69 Å². The summed E-state index contributed by atoms with van der Waals surface area (Å²) in [6, 6.07) is 5.39. The number of allylic oxidation sites excluding steroid dienone is 1. The predicted octanol–water partition coefficient (Wildman–Crippen LogP) is 1.65. The molecule has 3 heterocycles. The molecular weight excluding hydrogens is 374 g/mol. The number of anilines is 1. The number of H-pyrrole nitrogens is 2. The van der Waals surface area contributed by atoms with Crippen LogP contribution in [0.1, 0.15) is 43.4 Å². The van der Waals surface area contributed by atoms with Gasteiger partial charge in [-0.25, -0.2) is 4.79 Å². The number of Topliss-reactive ketones (excluding diaryl/α,β-unsaturated/α-hetero) is 1. The summed E-state index contributed by atoms with van der Waals surface area (Å²) in [5.41, 5.74) is -1.48. The maximum Gasteiger partial charge on any atom is 0.328 e. The number of aromatic amines is 2. The Morgan fingerprint density at radius 1 is 1.03 bits per heavy atom. The van der Waals surface area contributed by atoms with E-state index in [1.807, 2.05) is 26.8 Å². The number of ketones is 1. The number of carbonyl (C=O) groups is 2. The first-order valence-corrected chi connectivity index (χ1v) is 9.38. The molecule has 0 fully saturated rings. The lowest BCUT2D eigenvalue weighted by molar-refractivity contribution is -0.124. The number of benzene rings is 1. The number of nitrogens with one attached hydrogen (secondary N) is 3. The number of rotatable bonds is 0. The van der Waals surface area contributed by atoms with Crippen molar-refractivity contribution in [1.82, 2.24) is 9.97 Å². The van der Waals surface area contributed by atoms with E-state index >= 15 is 0 Å². The van der Waals surface area contributed by atoms with Gasteiger partial charge in [0.25, 0.3) is 5.56 Å². The molecule has 0 radical (unpaired) electrons. The summed E-state index contributed by atoms with van der Waals surface area (Å²) < 4.78 is 5.89. The third kappa shape index (κ3) is 2.19. The number of carbonyl (C=O) groups excluding carboxylic acids is 2. The summed E-state index contributed by atoms with van der Waals surface area (Å²) in [7, 11) is 0. The van der Waals surface area contributed by atoms with Crippen LogP contribution < -0.4 is 21.3 Å². The molecule has 1 amide bonds. The summed E-state index contributed by atoms with van der Waals surface area (Å²) in [5.74, 6) is -0.505. The summed E-state index contributed by atoms with van der Waals surface area (Å²) >= 11 is 0. The Hall–Kier alpha value is -3.42. The fourth-order valence-electron chi connectivity index (χ4n) is 4.81. The summed E-state index contributed by atoms with van der Waals surface area (Å²) in [4.78, 5) is 56.3. The van der Waals surface area contributed by atoms with Crippen LogP contribution in [0.25, 0.3) is 0 Å². The van der Waals surface area contributed by atoms with Crippen LogP contribution in [0.2, 0.25) is 0 Å². The normalized spacial score (nSPS) is 24.0. The molecular formula is C21H19N3O5. The molecule has 1 unspecified atom stereocenters. The summed E-state index contributed by atoms with van der Waals surface area (Å²) in [6.45, 7) is 5.75. The summed E-state index contributed by atoms with van der Waals surface area (Å²) in [5, 5.41) is 2.82. The number of hydrogen-bond donors (Lipinski definition) is 3. The van der Waals surface area contributed by atoms with Crippen molar-refractivity contribution in [1.29, 1.82) is 0 Å². The number of aromatic nitrogens is 2. The number of ether oxygens (including phenoxy) is 1. The van der Waals surface area contributed by atoms with Gasteiger partial charge in [-0.3, -0.25) is 24.4 Å². The van der Waals surface area contributed by atoms with Crippen molar-refractivity contribution in [2.45, 2.75) is 39.0 Å². The van der Waals surface area contributed by atoms with Gasteiger partial charge in [-0.1, -0.05) is 31.5 Å². The highest BCUT2D eigenvalue weighted by Gasteiger charge is 2.61. The Labute approximate surface area is 165 Å². The molecule has 5 rings (SSSR count). The maximum atomic E-state index is 13.5. The third-order valence-corrected chi connectivity index (χ3v) is 5.89. The second-order valence-electron chi connectivity index (χ2n) is 8.71. The first kappa shape index (κ1) is 17.7. The van der Waals surface area contributed by atoms with E-state index in [2.05, 4.69) is 15.3 Å². The predicted molar refractivity (Wildman–Crippen MR) is 104 cm³/mol. The highest BCUT2D eigenvalue weighted by atomic mass is 16.5. The molecule has 3 N–H and O–H groups in total. The average Bonchev–Trinajstić information content (AvgIpc) is 2.85. The van der Waals surface area contributed by atoms with E-state index in [0.29, 0.717) is 23.4 Å². The van der Waals surface area contributed by atoms with Gasteiger partial charge >= 0.3 is 5.69 Å². The van der Waals surface area contributed by atoms with Crippen molar-refractivity contribution < 1.29 is 14.3 Å². The van der Waals surface area contributed by atoms with Crippen LogP contribution in [0.15, 0.2) is 39.1 Å². The van der Waals surface area contributed by atoms with Gasteiger partial charge in [0.1, 0.15) is 16.7 Å². The van der Waals surface area contributed by atoms with Crippen LogP contribution in [0.3, 0.4) is 0 Å². The zero-order chi connectivity index (χ0) is 20.7. The van der Waals surface area contributed by atoms with E-state index < -0.39 is 22.6 Å². The van der Waals surface area contributed by atoms with Crippen molar-refractivity contribution >= 4 is 17.4 Å². The van der Waals surface area contributed by atoms with Gasteiger partial charge in [0.15, 0.2) is 5.78 Å². The lowest BCUT2D eigenvalue weighted by Gasteiger charge is -2.41. The Morgan fingerprint density at radius 3 is 2.55 bits per heavy atom. The van der Waals surface area contributed by atoms with Gasteiger partial charge in [-0.2, -0.15) is 0 Å². The van der Waals surface area contributed by atoms with Crippen molar-refractivity contribution in [2.24, 2.45) is 5.41 Å². The lowest BCUT2D eigenvalue weighted by Crippen LogP contribution is -2.51. The first-order valence-electron chi connectivity index (χ1n) is 9.38. The molecule has 0 bridgehead atoms. The number of fused-ring (bicyclic) bond motifs is 5. The molecule has 1 aromatic carbocycles. The molecule has 8 nitrogen and oxygen atoms in total. The van der Waals surface area contributed by atoms with E-state index in [9.17, 15) is 19.2 Å². The molecule has 0 saturated carbocycles. The molecule has 2 aliphatic heterocycles. The summed E-state index contributed by atoms with van der Waals surface area (Å²) in [6.07, 6.45) is 0.625. The molecule has 1 aromatic heterocycles. The number of hydrogen-bond acceptors (Lipinski definition) is 5. The van der Waals surface area contributed by atoms with Crippen LogP contribution in [-0.4, -0.2) is 21.7 Å². The molecule has 1 spiro atoms. The van der Waals surface area contributed by atoms with Crippen LogP contribution in [0, 0.1) is 12.3 Å². The van der Waals surface area contributed by atoms with Gasteiger partial charge in [0.05, 0.1) is 5.57 Å². The minimum atomic E-state index is -1.66. The van der Waals surface area contributed by atoms with Gasteiger partial charge in [-0.15, -0.1) is 0 Å². The second kappa shape index (κ2) is 5.34. The third-order valence-electron chi connectivity index (χ3n) is 5.89. The second-order valence-corrected chi connectivity index (χ2v) is 8.71. The highest BCUT2D eigenvalue weighted by Crippen LogP contribution is 2.55. The Morgan fingerprint density at radius 2 is 1.79 bits per heavy atom. The van der Waals surface area contributed by atoms with Crippen molar-refractivity contribution in [3.8, 4) is 5.88 Å². The largest absolute Gasteiger partial charge is 0.444 e. The van der Waals surface area contributed by atoms with Crippen LogP contribution in [0.5, 0.6) is 5.88 Å². The van der Waals surface area contributed by atoms with Crippen LogP contribution >= 0.6 is 0 Å². The minimum Gasteiger partial charge on any atom is -0.444 e. The molecule has 3 aliphatic rings.